The molecule has 0 atom stereocenters. The topological polar surface area (TPSA) is 55.1 Å². The predicted octanol–water partition coefficient (Wildman–Crippen LogP) is 5.06. The normalized spacial score (nSPS) is 31.2. The molecule has 4 bridgehead atoms. The lowest BCUT2D eigenvalue weighted by Gasteiger charge is -2.56. The van der Waals surface area contributed by atoms with E-state index in [1.54, 1.807) is 0 Å². The summed E-state index contributed by atoms with van der Waals surface area (Å²) in [5.41, 5.74) is -0.283. The number of aromatic nitrogens is 1. The Morgan fingerprint density at radius 1 is 1.04 bits per heavy atom. The number of oxazole rings is 1. The van der Waals surface area contributed by atoms with Gasteiger partial charge in [0, 0.05) is 11.1 Å². The summed E-state index contributed by atoms with van der Waals surface area (Å²) in [6.07, 6.45) is 3.86. The third-order valence-electron chi connectivity index (χ3n) is 6.61. The Labute approximate surface area is 160 Å². The lowest BCUT2D eigenvalue weighted by Crippen LogP contribution is -2.59. The number of hydrogen-bond donors (Lipinski definition) is 1. The van der Waals surface area contributed by atoms with Crippen LogP contribution in [-0.4, -0.2) is 16.4 Å². The van der Waals surface area contributed by atoms with Crippen molar-refractivity contribution >= 4 is 5.91 Å². The molecule has 1 aromatic heterocycles. The first kappa shape index (κ1) is 17.8. The van der Waals surface area contributed by atoms with E-state index in [0.717, 1.165) is 31.4 Å². The summed E-state index contributed by atoms with van der Waals surface area (Å²) in [5.74, 6) is 2.03. The number of rotatable bonds is 3. The van der Waals surface area contributed by atoms with Gasteiger partial charge in [0.1, 0.15) is 6.26 Å². The third-order valence-corrected chi connectivity index (χ3v) is 6.61. The summed E-state index contributed by atoms with van der Waals surface area (Å²) in [7, 11) is 0. The van der Waals surface area contributed by atoms with E-state index in [4.69, 9.17) is 4.42 Å². The van der Waals surface area contributed by atoms with Crippen molar-refractivity contribution in [3.63, 3.8) is 0 Å². The van der Waals surface area contributed by atoms with Gasteiger partial charge in [0.2, 0.25) is 5.89 Å². The Morgan fingerprint density at radius 2 is 1.61 bits per heavy atom. The summed E-state index contributed by atoms with van der Waals surface area (Å²) in [5, 5.41) is 3.22. The average molecular weight is 390 g/mol. The van der Waals surface area contributed by atoms with Gasteiger partial charge in [-0.15, -0.1) is 0 Å². The van der Waals surface area contributed by atoms with E-state index < -0.39 is 11.7 Å². The first-order valence-corrected chi connectivity index (χ1v) is 9.75. The molecular weight excluding hydrogens is 369 g/mol. The van der Waals surface area contributed by atoms with Crippen molar-refractivity contribution in [2.24, 2.45) is 17.8 Å². The second kappa shape index (κ2) is 6.09. The first-order chi connectivity index (χ1) is 13.3. The van der Waals surface area contributed by atoms with Crippen LogP contribution in [0.5, 0.6) is 0 Å². The predicted molar refractivity (Wildman–Crippen MR) is 95.3 cm³/mol. The second-order valence-electron chi connectivity index (χ2n) is 8.77. The number of hydrogen-bond acceptors (Lipinski definition) is 3. The van der Waals surface area contributed by atoms with Crippen LogP contribution in [0.4, 0.5) is 13.2 Å². The molecule has 4 fully saturated rings. The fourth-order valence-corrected chi connectivity index (χ4v) is 5.88. The molecule has 148 valence electrons. The molecule has 2 aromatic rings. The minimum atomic E-state index is -4.39. The van der Waals surface area contributed by atoms with Crippen molar-refractivity contribution in [3.05, 3.63) is 41.8 Å². The maximum atomic E-state index is 12.8. The number of nitrogens with zero attached hydrogens (tertiary/aromatic N) is 1. The summed E-state index contributed by atoms with van der Waals surface area (Å²) in [6, 6.07) is 4.56. The van der Waals surface area contributed by atoms with Crippen molar-refractivity contribution in [3.8, 4) is 11.5 Å². The number of benzene rings is 1. The summed E-state index contributed by atoms with van der Waals surface area (Å²) in [4.78, 5) is 17.0. The molecule has 1 amide bonds. The molecule has 4 aliphatic carbocycles. The van der Waals surface area contributed by atoms with Crippen molar-refractivity contribution in [2.75, 3.05) is 0 Å². The lowest BCUT2D eigenvalue weighted by atomic mass is 9.53. The molecule has 6 rings (SSSR count). The molecule has 0 spiro atoms. The van der Waals surface area contributed by atoms with Gasteiger partial charge in [-0.2, -0.15) is 13.2 Å². The van der Waals surface area contributed by atoms with Crippen LogP contribution in [-0.2, 0) is 6.18 Å². The molecule has 1 heterocycles. The van der Waals surface area contributed by atoms with Crippen LogP contribution >= 0.6 is 0 Å². The molecule has 1 N–H and O–H groups in total. The van der Waals surface area contributed by atoms with Crippen LogP contribution in [0, 0.1) is 17.8 Å². The van der Waals surface area contributed by atoms with Gasteiger partial charge in [-0.05, 0) is 80.5 Å². The van der Waals surface area contributed by atoms with Gasteiger partial charge in [0.05, 0.1) is 5.56 Å². The molecule has 7 heteroatoms. The summed E-state index contributed by atoms with van der Waals surface area (Å²) >= 11 is 0. The van der Waals surface area contributed by atoms with Crippen LogP contribution in [0.15, 0.2) is 34.9 Å². The number of halogens is 3. The highest BCUT2D eigenvalue weighted by Crippen LogP contribution is 2.55. The van der Waals surface area contributed by atoms with Gasteiger partial charge in [-0.3, -0.25) is 4.79 Å². The van der Waals surface area contributed by atoms with Crippen LogP contribution in [0.3, 0.4) is 0 Å². The van der Waals surface area contributed by atoms with E-state index in [1.165, 1.54) is 37.7 Å². The van der Waals surface area contributed by atoms with Crippen molar-refractivity contribution in [1.82, 2.24) is 10.3 Å². The minimum absolute atomic E-state index is 0.126. The molecule has 0 saturated heterocycles. The minimum Gasteiger partial charge on any atom is -0.444 e. The molecular formula is C21H21F3N2O2. The van der Waals surface area contributed by atoms with Gasteiger partial charge < -0.3 is 9.73 Å². The Morgan fingerprint density at radius 3 is 2.14 bits per heavy atom. The molecule has 0 unspecified atom stereocenters. The molecule has 4 saturated carbocycles. The Bertz CT molecular complexity index is 866. The van der Waals surface area contributed by atoms with Gasteiger partial charge in [0.15, 0.2) is 5.69 Å². The fraction of sp³-hybridized carbons (Fsp3) is 0.524. The molecule has 4 nitrogen and oxygen atoms in total. The number of amides is 1. The summed E-state index contributed by atoms with van der Waals surface area (Å²) in [6.45, 7) is 0. The Kier molecular flexibility index (Phi) is 3.87. The quantitative estimate of drug-likeness (QED) is 0.797. The smallest absolute Gasteiger partial charge is 0.416 e. The van der Waals surface area contributed by atoms with Gasteiger partial charge >= 0.3 is 6.18 Å². The highest BCUT2D eigenvalue weighted by atomic mass is 19.4. The van der Waals surface area contributed by atoms with E-state index in [1.807, 2.05) is 0 Å². The average Bonchev–Trinajstić information content (AvgIpc) is 3.10. The largest absolute Gasteiger partial charge is 0.444 e. The highest BCUT2D eigenvalue weighted by molar-refractivity contribution is 5.93. The fourth-order valence-electron chi connectivity index (χ4n) is 5.88. The van der Waals surface area contributed by atoms with Gasteiger partial charge in [-0.1, -0.05) is 0 Å². The second-order valence-corrected chi connectivity index (χ2v) is 8.77. The number of carbonyl (C=O) groups is 1. The molecule has 28 heavy (non-hydrogen) atoms. The zero-order valence-corrected chi connectivity index (χ0v) is 15.3. The van der Waals surface area contributed by atoms with Crippen LogP contribution < -0.4 is 5.32 Å². The van der Waals surface area contributed by atoms with Crippen LogP contribution in [0.25, 0.3) is 11.5 Å². The summed E-state index contributed by atoms with van der Waals surface area (Å²) < 4.78 is 43.5. The van der Waals surface area contributed by atoms with Crippen molar-refractivity contribution in [2.45, 2.75) is 50.2 Å². The Balaban J connectivity index is 1.32. The zero-order chi connectivity index (χ0) is 19.5. The SMILES string of the molecule is O=C(NC12CC3CC(CC(C3)C1)C2)c1coc(-c2ccc(C(F)(F)F)cc2)n1. The zero-order valence-electron chi connectivity index (χ0n) is 15.3. The maximum Gasteiger partial charge on any atom is 0.416 e. The maximum absolute atomic E-state index is 12.8. The highest BCUT2D eigenvalue weighted by Gasteiger charge is 2.51. The standard InChI is InChI=1S/C21H21F3N2O2/c22-21(23,24)16-3-1-15(2-4-16)19-25-17(11-28-19)18(27)26-20-8-12-5-13(9-20)7-14(6-12)10-20/h1-4,11-14H,5-10H2,(H,26,27). The molecule has 0 aliphatic heterocycles. The lowest BCUT2D eigenvalue weighted by molar-refractivity contribution is -0.137. The number of carbonyl (C=O) groups excluding carboxylic acids is 1. The van der Waals surface area contributed by atoms with Gasteiger partial charge in [0.25, 0.3) is 5.91 Å². The molecule has 0 radical (unpaired) electrons. The van der Waals surface area contributed by atoms with E-state index in [2.05, 4.69) is 10.3 Å². The van der Waals surface area contributed by atoms with Crippen molar-refractivity contribution in [1.29, 1.82) is 0 Å². The van der Waals surface area contributed by atoms with Gasteiger partial charge in [-0.25, -0.2) is 4.98 Å². The monoisotopic (exact) mass is 390 g/mol. The van der Waals surface area contributed by atoms with E-state index in [9.17, 15) is 18.0 Å². The molecule has 1 aromatic carbocycles. The van der Waals surface area contributed by atoms with Crippen LogP contribution in [0.1, 0.15) is 54.6 Å². The van der Waals surface area contributed by atoms with E-state index in [-0.39, 0.29) is 23.0 Å². The first-order valence-electron chi connectivity index (χ1n) is 9.75. The molecule has 4 aliphatic rings. The third kappa shape index (κ3) is 3.10. The van der Waals surface area contributed by atoms with E-state index in [0.29, 0.717) is 23.3 Å². The van der Waals surface area contributed by atoms with E-state index >= 15 is 0 Å². The Hall–Kier alpha value is -2.31. The van der Waals surface area contributed by atoms with Crippen molar-refractivity contribution < 1.29 is 22.4 Å². The number of alkyl halides is 3. The number of nitrogens with one attached hydrogen (secondary N) is 1. The van der Waals surface area contributed by atoms with Crippen LogP contribution in [0.2, 0.25) is 0 Å².